The molecule has 4 heterocycles. The Labute approximate surface area is 227 Å². The predicted octanol–water partition coefficient (Wildman–Crippen LogP) is 4.39. The maximum absolute atomic E-state index is 12.9. The number of amides is 1. The van der Waals surface area contributed by atoms with Crippen molar-refractivity contribution in [2.75, 3.05) is 35.8 Å². The van der Waals surface area contributed by atoms with Crippen molar-refractivity contribution in [1.82, 2.24) is 24.9 Å². The second kappa shape index (κ2) is 10.2. The smallest absolute Gasteiger partial charge is 0.272 e. The molecule has 1 saturated carbocycles. The first kappa shape index (κ1) is 25.2. The normalized spacial score (nSPS) is 19.3. The summed E-state index contributed by atoms with van der Waals surface area (Å²) < 4.78 is 5.31. The van der Waals surface area contributed by atoms with Gasteiger partial charge in [0.1, 0.15) is 11.4 Å². The fraction of sp³-hybridized carbons (Fsp3) is 0.500. The SMILES string of the molecule is CCC1CN(C(=O)c2cc(-c3cn(-c4ccc(NSC5CC5)cc4N4CCC(C)(O)CC4)nn3)ccn2)C1. The molecule has 3 aromatic rings. The highest BCUT2D eigenvalue weighted by atomic mass is 32.2. The van der Waals surface area contributed by atoms with E-state index in [1.165, 1.54) is 12.8 Å². The van der Waals surface area contributed by atoms with Gasteiger partial charge in [-0.25, -0.2) is 4.68 Å². The van der Waals surface area contributed by atoms with Gasteiger partial charge >= 0.3 is 0 Å². The number of anilines is 2. The molecule has 0 spiro atoms. The van der Waals surface area contributed by atoms with Crippen LogP contribution in [0.3, 0.4) is 0 Å². The molecule has 38 heavy (non-hydrogen) atoms. The topological polar surface area (TPSA) is 99.4 Å². The molecule has 200 valence electrons. The minimum atomic E-state index is -0.626. The number of hydrogen-bond acceptors (Lipinski definition) is 8. The third-order valence-electron chi connectivity index (χ3n) is 7.86. The zero-order chi connectivity index (χ0) is 26.3. The maximum atomic E-state index is 12.9. The lowest BCUT2D eigenvalue weighted by molar-refractivity contribution is 0.0351. The highest BCUT2D eigenvalue weighted by Gasteiger charge is 2.31. The molecule has 3 aliphatic rings. The molecule has 1 amide bonds. The molecule has 0 radical (unpaired) electrons. The predicted molar refractivity (Wildman–Crippen MR) is 151 cm³/mol. The van der Waals surface area contributed by atoms with Crippen LogP contribution in [-0.2, 0) is 0 Å². The average Bonchev–Trinajstić information content (AvgIpc) is 3.60. The molecule has 1 aliphatic carbocycles. The maximum Gasteiger partial charge on any atom is 0.272 e. The van der Waals surface area contributed by atoms with Crippen molar-refractivity contribution in [3.63, 3.8) is 0 Å². The molecule has 6 rings (SSSR count). The van der Waals surface area contributed by atoms with Crippen molar-refractivity contribution in [3.8, 4) is 16.9 Å². The van der Waals surface area contributed by atoms with Gasteiger partial charge in [-0.3, -0.25) is 9.78 Å². The van der Waals surface area contributed by atoms with E-state index in [1.807, 2.05) is 30.2 Å². The summed E-state index contributed by atoms with van der Waals surface area (Å²) >= 11 is 1.79. The number of aromatic nitrogens is 4. The van der Waals surface area contributed by atoms with E-state index in [-0.39, 0.29) is 5.91 Å². The van der Waals surface area contributed by atoms with Crippen LogP contribution in [0.5, 0.6) is 0 Å². The van der Waals surface area contributed by atoms with Crippen LogP contribution in [0, 0.1) is 5.92 Å². The summed E-state index contributed by atoms with van der Waals surface area (Å²) in [5.74, 6) is 0.565. The number of pyridine rings is 1. The van der Waals surface area contributed by atoms with E-state index in [1.54, 1.807) is 22.8 Å². The summed E-state index contributed by atoms with van der Waals surface area (Å²) in [7, 11) is 0. The zero-order valence-electron chi connectivity index (χ0n) is 22.0. The van der Waals surface area contributed by atoms with Gasteiger partial charge < -0.3 is 19.6 Å². The fourth-order valence-corrected chi connectivity index (χ4v) is 5.78. The summed E-state index contributed by atoms with van der Waals surface area (Å²) in [5, 5.41) is 20.1. The number of hydrogen-bond donors (Lipinski definition) is 2. The molecule has 9 nitrogen and oxygen atoms in total. The molecule has 2 saturated heterocycles. The van der Waals surface area contributed by atoms with E-state index in [0.717, 1.165) is 55.2 Å². The number of aliphatic hydroxyl groups is 1. The molecular formula is C28H35N7O2S. The quantitative estimate of drug-likeness (QED) is 0.412. The lowest BCUT2D eigenvalue weighted by Gasteiger charge is -2.38. The van der Waals surface area contributed by atoms with E-state index in [4.69, 9.17) is 0 Å². The van der Waals surface area contributed by atoms with E-state index in [0.29, 0.717) is 35.4 Å². The third kappa shape index (κ3) is 5.37. The van der Waals surface area contributed by atoms with Crippen LogP contribution >= 0.6 is 11.9 Å². The first-order chi connectivity index (χ1) is 18.4. The van der Waals surface area contributed by atoms with Gasteiger partial charge in [-0.1, -0.05) is 12.1 Å². The highest BCUT2D eigenvalue weighted by molar-refractivity contribution is 8.01. The van der Waals surface area contributed by atoms with Gasteiger partial charge in [0.15, 0.2) is 0 Å². The molecule has 2 aromatic heterocycles. The Morgan fingerprint density at radius 3 is 2.68 bits per heavy atom. The Morgan fingerprint density at radius 2 is 1.95 bits per heavy atom. The number of likely N-dealkylation sites (tertiary alicyclic amines) is 1. The van der Waals surface area contributed by atoms with E-state index < -0.39 is 5.60 Å². The minimum absolute atomic E-state index is 0.0284. The Balaban J connectivity index is 1.25. The molecule has 10 heteroatoms. The standard InChI is InChI=1S/C28H35N7O2S/c1-3-19-16-34(17-19)27(36)23-14-20(8-11-29-23)24-18-35(32-30-24)25-7-4-21(31-38-22-5-6-22)15-26(25)33-12-9-28(2,37)10-13-33/h4,7-8,11,14-15,18-19,22,31,37H,3,5-6,9-10,12-13,16-17H2,1-2H3. The van der Waals surface area contributed by atoms with Crippen molar-refractivity contribution in [3.05, 3.63) is 48.4 Å². The van der Waals surface area contributed by atoms with Gasteiger partial charge in [0, 0.05) is 48.9 Å². The molecule has 2 N–H and O–H groups in total. The van der Waals surface area contributed by atoms with Gasteiger partial charge in [-0.15, -0.1) is 5.10 Å². The molecule has 0 unspecified atom stereocenters. The van der Waals surface area contributed by atoms with E-state index in [9.17, 15) is 9.90 Å². The number of carbonyl (C=O) groups is 1. The Hall–Kier alpha value is -3.11. The fourth-order valence-electron chi connectivity index (χ4n) is 4.98. The molecular weight excluding hydrogens is 498 g/mol. The second-order valence-electron chi connectivity index (χ2n) is 11.1. The van der Waals surface area contributed by atoms with Gasteiger partial charge in [-0.05, 0) is 87.2 Å². The summed E-state index contributed by atoms with van der Waals surface area (Å²) in [6.45, 7) is 7.22. The van der Waals surface area contributed by atoms with E-state index >= 15 is 0 Å². The highest BCUT2D eigenvalue weighted by Crippen LogP contribution is 2.37. The summed E-state index contributed by atoms with van der Waals surface area (Å²) in [6, 6.07) is 10.0. The number of rotatable bonds is 8. The Bertz CT molecular complexity index is 1310. The van der Waals surface area contributed by atoms with Crippen LogP contribution in [0.25, 0.3) is 16.9 Å². The van der Waals surface area contributed by atoms with Crippen LogP contribution in [0.2, 0.25) is 0 Å². The minimum Gasteiger partial charge on any atom is -0.390 e. The number of benzene rings is 1. The average molecular weight is 534 g/mol. The van der Waals surface area contributed by atoms with Crippen molar-refractivity contribution in [2.24, 2.45) is 5.92 Å². The van der Waals surface area contributed by atoms with Gasteiger partial charge in [0.25, 0.3) is 5.91 Å². The lowest BCUT2D eigenvalue weighted by Crippen LogP contribution is -2.49. The lowest BCUT2D eigenvalue weighted by atomic mass is 9.93. The molecule has 1 aromatic carbocycles. The molecule has 0 bridgehead atoms. The van der Waals surface area contributed by atoms with E-state index in [2.05, 4.69) is 50.0 Å². The van der Waals surface area contributed by atoms with Gasteiger partial charge in [0.05, 0.1) is 23.2 Å². The Morgan fingerprint density at radius 1 is 1.16 bits per heavy atom. The Kier molecular flexibility index (Phi) is 6.77. The van der Waals surface area contributed by atoms with Gasteiger partial charge in [-0.2, -0.15) is 0 Å². The molecule has 2 aliphatic heterocycles. The first-order valence-corrected chi connectivity index (χ1v) is 14.5. The van der Waals surface area contributed by atoms with Crippen LogP contribution in [0.4, 0.5) is 11.4 Å². The van der Waals surface area contributed by atoms with Crippen molar-refractivity contribution in [2.45, 2.75) is 56.8 Å². The first-order valence-electron chi connectivity index (χ1n) is 13.6. The monoisotopic (exact) mass is 533 g/mol. The van der Waals surface area contributed by atoms with Gasteiger partial charge in [0.2, 0.25) is 0 Å². The number of nitrogens with zero attached hydrogens (tertiary/aromatic N) is 6. The van der Waals surface area contributed by atoms with Crippen LogP contribution < -0.4 is 9.62 Å². The number of piperidine rings is 1. The van der Waals surface area contributed by atoms with Crippen molar-refractivity contribution < 1.29 is 9.90 Å². The van der Waals surface area contributed by atoms with Crippen LogP contribution in [0.1, 0.15) is 56.4 Å². The second-order valence-corrected chi connectivity index (χ2v) is 12.2. The molecule has 0 atom stereocenters. The van der Waals surface area contributed by atoms with Crippen LogP contribution in [-0.4, -0.2) is 72.9 Å². The third-order valence-corrected chi connectivity index (χ3v) is 9.02. The number of carbonyl (C=O) groups excluding carboxylic acids is 1. The summed E-state index contributed by atoms with van der Waals surface area (Å²) in [5.41, 5.74) is 4.38. The largest absolute Gasteiger partial charge is 0.390 e. The van der Waals surface area contributed by atoms with Crippen molar-refractivity contribution >= 4 is 29.2 Å². The summed E-state index contributed by atoms with van der Waals surface area (Å²) in [4.78, 5) is 21.4. The van der Waals surface area contributed by atoms with Crippen LogP contribution in [0.15, 0.2) is 42.7 Å². The molecule has 3 fully saturated rings. The van der Waals surface area contributed by atoms with Crippen molar-refractivity contribution in [1.29, 1.82) is 0 Å². The number of nitrogens with one attached hydrogen (secondary N) is 1. The zero-order valence-corrected chi connectivity index (χ0v) is 22.8. The summed E-state index contributed by atoms with van der Waals surface area (Å²) in [6.07, 6.45) is 8.64.